The summed E-state index contributed by atoms with van der Waals surface area (Å²) in [5, 5.41) is 0.823. The molecule has 0 radical (unpaired) electrons. The van der Waals surface area contributed by atoms with Crippen LogP contribution in [0, 0.1) is 0 Å². The molecule has 0 aliphatic carbocycles. The maximum Gasteiger partial charge on any atom is 0.224 e. The van der Waals surface area contributed by atoms with Crippen LogP contribution >= 0.6 is 35.0 Å². The number of anilines is 1. The van der Waals surface area contributed by atoms with Gasteiger partial charge in [0.25, 0.3) is 0 Å². The van der Waals surface area contributed by atoms with Crippen molar-refractivity contribution < 1.29 is 0 Å². The molecule has 0 aromatic carbocycles. The van der Waals surface area contributed by atoms with Crippen LogP contribution < -0.4 is 4.90 Å². The van der Waals surface area contributed by atoms with Gasteiger partial charge in [-0.25, -0.2) is 4.98 Å². The Balaban J connectivity index is 2.24. The van der Waals surface area contributed by atoms with Gasteiger partial charge in [0.05, 0.1) is 6.20 Å². The molecule has 0 saturated carbocycles. The molecule has 2 heterocycles. The van der Waals surface area contributed by atoms with Crippen molar-refractivity contribution in [1.29, 1.82) is 0 Å². The van der Waals surface area contributed by atoms with Crippen LogP contribution in [-0.4, -0.2) is 34.6 Å². The average Bonchev–Trinajstić information content (AvgIpc) is 2.23. The van der Waals surface area contributed by atoms with Crippen molar-refractivity contribution in [1.82, 2.24) is 9.97 Å². The second kappa shape index (κ2) is 4.55. The first kappa shape index (κ1) is 10.3. The molecule has 1 saturated heterocycles. The van der Waals surface area contributed by atoms with E-state index in [4.69, 9.17) is 23.2 Å². The molecule has 2 rings (SSSR count). The number of thioether (sulfide) groups is 1. The van der Waals surface area contributed by atoms with Crippen molar-refractivity contribution in [3.05, 3.63) is 16.5 Å². The molecule has 0 amide bonds. The van der Waals surface area contributed by atoms with Gasteiger partial charge >= 0.3 is 0 Å². The highest BCUT2D eigenvalue weighted by Gasteiger charge is 2.15. The topological polar surface area (TPSA) is 29.0 Å². The maximum absolute atomic E-state index is 6.00. The quantitative estimate of drug-likeness (QED) is 0.715. The number of nitrogens with zero attached hydrogens (tertiary/aromatic N) is 3. The van der Waals surface area contributed by atoms with Gasteiger partial charge < -0.3 is 4.90 Å². The van der Waals surface area contributed by atoms with Gasteiger partial charge in [0.1, 0.15) is 5.02 Å². The second-order valence-corrected chi connectivity index (χ2v) is 4.88. The van der Waals surface area contributed by atoms with Crippen LogP contribution in [0.2, 0.25) is 10.3 Å². The number of hydrogen-bond acceptors (Lipinski definition) is 4. The summed E-state index contributed by atoms with van der Waals surface area (Å²) >= 11 is 13.7. The molecule has 0 spiro atoms. The molecular weight excluding hydrogens is 241 g/mol. The van der Waals surface area contributed by atoms with Crippen molar-refractivity contribution >= 4 is 40.8 Å². The van der Waals surface area contributed by atoms with Gasteiger partial charge in [-0.15, -0.1) is 0 Å². The molecule has 1 aliphatic heterocycles. The Kier molecular flexibility index (Phi) is 3.36. The highest BCUT2D eigenvalue weighted by atomic mass is 35.5. The minimum atomic E-state index is 0.252. The van der Waals surface area contributed by atoms with Crippen molar-refractivity contribution in [2.75, 3.05) is 29.5 Å². The lowest BCUT2D eigenvalue weighted by Crippen LogP contribution is -2.33. The third-order valence-corrected chi connectivity index (χ3v) is 3.40. The predicted molar refractivity (Wildman–Crippen MR) is 61.6 cm³/mol. The lowest BCUT2D eigenvalue weighted by atomic mass is 10.4. The second-order valence-electron chi connectivity index (χ2n) is 2.91. The summed E-state index contributed by atoms with van der Waals surface area (Å²) in [7, 11) is 0. The maximum atomic E-state index is 6.00. The Morgan fingerprint density at radius 1 is 1.29 bits per heavy atom. The van der Waals surface area contributed by atoms with Crippen LogP contribution in [0.15, 0.2) is 6.20 Å². The van der Waals surface area contributed by atoms with Crippen LogP contribution in [0.4, 0.5) is 5.82 Å². The lowest BCUT2D eigenvalue weighted by Gasteiger charge is -2.27. The lowest BCUT2D eigenvalue weighted by molar-refractivity contribution is 0.835. The summed E-state index contributed by atoms with van der Waals surface area (Å²) in [4.78, 5) is 10.1. The number of halogens is 2. The molecule has 0 N–H and O–H groups in total. The molecule has 3 nitrogen and oxygen atoms in total. The van der Waals surface area contributed by atoms with Crippen molar-refractivity contribution in [2.45, 2.75) is 0 Å². The third kappa shape index (κ3) is 2.24. The first-order valence-corrected chi connectivity index (χ1v) is 6.19. The highest BCUT2D eigenvalue weighted by molar-refractivity contribution is 7.99. The fourth-order valence-corrected chi connectivity index (χ4v) is 2.58. The van der Waals surface area contributed by atoms with Gasteiger partial charge in [-0.3, -0.25) is 0 Å². The minimum Gasteiger partial charge on any atom is -0.354 e. The van der Waals surface area contributed by atoms with E-state index in [0.717, 1.165) is 30.4 Å². The molecule has 1 fully saturated rings. The Morgan fingerprint density at radius 2 is 2.00 bits per heavy atom. The van der Waals surface area contributed by atoms with Gasteiger partial charge in [-0.05, 0) is 11.6 Å². The zero-order valence-electron chi connectivity index (χ0n) is 7.41. The van der Waals surface area contributed by atoms with Crippen LogP contribution in [0.1, 0.15) is 0 Å². The van der Waals surface area contributed by atoms with E-state index < -0.39 is 0 Å². The number of hydrogen-bond donors (Lipinski definition) is 0. The van der Waals surface area contributed by atoms with Crippen molar-refractivity contribution in [2.24, 2.45) is 0 Å². The molecular formula is C8H9Cl2N3S. The van der Waals surface area contributed by atoms with E-state index in [9.17, 15) is 0 Å². The fraction of sp³-hybridized carbons (Fsp3) is 0.500. The molecule has 1 aromatic heterocycles. The van der Waals surface area contributed by atoms with Crippen LogP contribution in [0.25, 0.3) is 0 Å². The van der Waals surface area contributed by atoms with E-state index >= 15 is 0 Å². The Labute approximate surface area is 96.8 Å². The Morgan fingerprint density at radius 3 is 2.71 bits per heavy atom. The van der Waals surface area contributed by atoms with Gasteiger partial charge in [0, 0.05) is 24.6 Å². The zero-order chi connectivity index (χ0) is 9.97. The summed E-state index contributed by atoms with van der Waals surface area (Å²) < 4.78 is 0. The van der Waals surface area contributed by atoms with E-state index in [1.807, 2.05) is 11.8 Å². The van der Waals surface area contributed by atoms with Crippen molar-refractivity contribution in [3.8, 4) is 0 Å². The summed E-state index contributed by atoms with van der Waals surface area (Å²) in [6, 6.07) is 0. The third-order valence-electron chi connectivity index (χ3n) is 2.01. The van der Waals surface area contributed by atoms with Gasteiger partial charge in [-0.2, -0.15) is 16.7 Å². The van der Waals surface area contributed by atoms with Crippen LogP contribution in [-0.2, 0) is 0 Å². The van der Waals surface area contributed by atoms with Gasteiger partial charge in [0.2, 0.25) is 5.28 Å². The van der Waals surface area contributed by atoms with Crippen LogP contribution in [0.5, 0.6) is 0 Å². The standard InChI is InChI=1S/C8H9Cl2N3S/c9-6-5-11-8(10)12-7(6)13-1-3-14-4-2-13/h5H,1-4H2. The Hall–Kier alpha value is -0.190. The number of aromatic nitrogens is 2. The summed E-state index contributed by atoms with van der Waals surface area (Å²) in [5.41, 5.74) is 0. The molecule has 0 bridgehead atoms. The molecule has 0 atom stereocenters. The van der Waals surface area contributed by atoms with E-state index in [1.165, 1.54) is 0 Å². The minimum absolute atomic E-state index is 0.252. The highest BCUT2D eigenvalue weighted by Crippen LogP contribution is 2.25. The number of rotatable bonds is 1. The van der Waals surface area contributed by atoms with E-state index in [2.05, 4.69) is 14.9 Å². The monoisotopic (exact) mass is 249 g/mol. The zero-order valence-corrected chi connectivity index (χ0v) is 9.74. The molecule has 6 heteroatoms. The fourth-order valence-electron chi connectivity index (χ4n) is 1.33. The molecule has 0 unspecified atom stereocenters. The molecule has 14 heavy (non-hydrogen) atoms. The van der Waals surface area contributed by atoms with Crippen LogP contribution in [0.3, 0.4) is 0 Å². The van der Waals surface area contributed by atoms with E-state index in [0.29, 0.717) is 5.02 Å². The van der Waals surface area contributed by atoms with E-state index in [-0.39, 0.29) is 5.28 Å². The van der Waals surface area contributed by atoms with Gasteiger partial charge in [-0.1, -0.05) is 11.6 Å². The van der Waals surface area contributed by atoms with Crippen molar-refractivity contribution in [3.63, 3.8) is 0 Å². The summed E-state index contributed by atoms with van der Waals surface area (Å²) in [6.45, 7) is 1.94. The first-order valence-electron chi connectivity index (χ1n) is 4.28. The first-order chi connectivity index (χ1) is 6.77. The SMILES string of the molecule is Clc1ncc(Cl)c(N2CCSCC2)n1. The molecule has 1 aromatic rings. The van der Waals surface area contributed by atoms with Gasteiger partial charge in [0.15, 0.2) is 5.82 Å². The predicted octanol–water partition coefficient (Wildman–Crippen LogP) is 2.34. The Bertz CT molecular complexity index is 328. The largest absolute Gasteiger partial charge is 0.354 e. The smallest absolute Gasteiger partial charge is 0.224 e. The summed E-state index contributed by atoms with van der Waals surface area (Å²) in [6.07, 6.45) is 1.55. The normalized spacial score (nSPS) is 17.1. The molecule has 1 aliphatic rings. The summed E-state index contributed by atoms with van der Waals surface area (Å²) in [5.74, 6) is 2.97. The van der Waals surface area contributed by atoms with E-state index in [1.54, 1.807) is 6.20 Å². The molecule has 76 valence electrons. The average molecular weight is 250 g/mol.